The summed E-state index contributed by atoms with van der Waals surface area (Å²) >= 11 is 5.27. The van der Waals surface area contributed by atoms with Crippen LogP contribution in [-0.2, 0) is 0 Å². The first-order valence-electron chi connectivity index (χ1n) is 6.27. The molecular weight excluding hydrogens is 259 g/mol. The molecule has 0 bridgehead atoms. The monoisotopic (exact) mass is 276 g/mol. The molecule has 4 heteroatoms. The van der Waals surface area contributed by atoms with Gasteiger partial charge in [-0.05, 0) is 26.0 Å². The zero-order valence-corrected chi connectivity index (χ0v) is 12.4. The van der Waals surface area contributed by atoms with Crippen molar-refractivity contribution in [2.24, 2.45) is 0 Å². The highest BCUT2D eigenvalue weighted by Crippen LogP contribution is 2.26. The summed E-state index contributed by atoms with van der Waals surface area (Å²) in [6.07, 6.45) is 0. The number of halogens is 1. The van der Waals surface area contributed by atoms with Gasteiger partial charge in [-0.15, -0.1) is 0 Å². The van der Waals surface area contributed by atoms with Crippen LogP contribution in [-0.4, -0.2) is 9.97 Å². The van der Waals surface area contributed by atoms with Crippen molar-refractivity contribution in [2.75, 3.05) is 0 Å². The van der Waals surface area contributed by atoms with E-state index in [1.54, 1.807) is 6.07 Å². The van der Waals surface area contributed by atoms with Crippen LogP contribution in [0.5, 0.6) is 0 Å². The van der Waals surface area contributed by atoms with Crippen LogP contribution < -0.4 is 0 Å². The summed E-state index contributed by atoms with van der Waals surface area (Å²) in [5, 5.41) is 0. The van der Waals surface area contributed by atoms with Gasteiger partial charge in [-0.1, -0.05) is 37.7 Å². The molecule has 0 aliphatic carbocycles. The van der Waals surface area contributed by atoms with Gasteiger partial charge in [0.1, 0.15) is 16.3 Å². The summed E-state index contributed by atoms with van der Waals surface area (Å²) in [5.41, 5.74) is 3.10. The first-order valence-corrected chi connectivity index (χ1v) is 6.68. The minimum absolute atomic E-state index is 0.217. The minimum atomic E-state index is -0.250. The Hall–Kier alpha value is -1.55. The second-order valence-corrected chi connectivity index (χ2v) is 5.45. The fourth-order valence-corrected chi connectivity index (χ4v) is 2.12. The van der Waals surface area contributed by atoms with Gasteiger partial charge >= 0.3 is 0 Å². The first-order chi connectivity index (χ1) is 8.90. The van der Waals surface area contributed by atoms with Crippen molar-refractivity contribution in [1.82, 2.24) is 9.97 Å². The zero-order chi connectivity index (χ0) is 14.2. The average Bonchev–Trinajstić information content (AvgIpc) is 2.35. The smallest absolute Gasteiger partial charge is 0.133 e. The van der Waals surface area contributed by atoms with Crippen molar-refractivity contribution in [2.45, 2.75) is 33.6 Å². The normalized spacial score (nSPS) is 11.1. The second kappa shape index (κ2) is 5.21. The number of aromatic nitrogens is 2. The SMILES string of the molecule is Cc1ccc(F)c(-c2[nH]c(C(C)C)nc(=S)c2C)c1. The van der Waals surface area contributed by atoms with Crippen LogP contribution in [0.1, 0.15) is 36.7 Å². The Morgan fingerprint density at radius 3 is 2.58 bits per heavy atom. The average molecular weight is 276 g/mol. The maximum atomic E-state index is 14.0. The fourth-order valence-electron chi connectivity index (χ4n) is 1.92. The Labute approximate surface area is 117 Å². The lowest BCUT2D eigenvalue weighted by molar-refractivity contribution is 0.629. The number of H-pyrrole nitrogens is 1. The number of hydrogen-bond donors (Lipinski definition) is 1. The van der Waals surface area contributed by atoms with Gasteiger partial charge in [0, 0.05) is 17.0 Å². The van der Waals surface area contributed by atoms with E-state index in [1.807, 2.05) is 33.8 Å². The van der Waals surface area contributed by atoms with Crippen molar-refractivity contribution in [1.29, 1.82) is 0 Å². The molecule has 0 aliphatic heterocycles. The number of aryl methyl sites for hydroxylation is 1. The Kier molecular flexibility index (Phi) is 3.80. The Morgan fingerprint density at radius 2 is 1.95 bits per heavy atom. The van der Waals surface area contributed by atoms with Crippen LogP contribution in [0.25, 0.3) is 11.3 Å². The summed E-state index contributed by atoms with van der Waals surface area (Å²) < 4.78 is 14.6. The zero-order valence-electron chi connectivity index (χ0n) is 11.5. The molecule has 0 saturated carbocycles. The van der Waals surface area contributed by atoms with Gasteiger partial charge < -0.3 is 4.98 Å². The molecule has 0 aliphatic rings. The van der Waals surface area contributed by atoms with Gasteiger partial charge in [0.05, 0.1) is 5.69 Å². The highest BCUT2D eigenvalue weighted by molar-refractivity contribution is 7.71. The third-order valence-electron chi connectivity index (χ3n) is 3.11. The number of benzene rings is 1. The molecular formula is C15H17FN2S. The van der Waals surface area contributed by atoms with E-state index < -0.39 is 0 Å². The van der Waals surface area contributed by atoms with E-state index in [0.717, 1.165) is 22.6 Å². The van der Waals surface area contributed by atoms with Gasteiger partial charge in [-0.3, -0.25) is 0 Å². The van der Waals surface area contributed by atoms with Crippen molar-refractivity contribution in [3.05, 3.63) is 45.6 Å². The number of aromatic amines is 1. The highest BCUT2D eigenvalue weighted by Gasteiger charge is 2.13. The predicted octanol–water partition coefficient (Wildman–Crippen LogP) is 4.69. The third-order valence-corrected chi connectivity index (χ3v) is 3.51. The van der Waals surface area contributed by atoms with E-state index in [2.05, 4.69) is 9.97 Å². The number of rotatable bonds is 2. The van der Waals surface area contributed by atoms with E-state index in [0.29, 0.717) is 10.2 Å². The van der Waals surface area contributed by atoms with Crippen molar-refractivity contribution in [3.63, 3.8) is 0 Å². The molecule has 2 nitrogen and oxygen atoms in total. The molecule has 2 rings (SSSR count). The largest absolute Gasteiger partial charge is 0.343 e. The van der Waals surface area contributed by atoms with Crippen molar-refractivity contribution < 1.29 is 4.39 Å². The number of nitrogens with zero attached hydrogens (tertiary/aromatic N) is 1. The van der Waals surface area contributed by atoms with E-state index in [9.17, 15) is 4.39 Å². The molecule has 19 heavy (non-hydrogen) atoms. The second-order valence-electron chi connectivity index (χ2n) is 5.07. The van der Waals surface area contributed by atoms with E-state index in [1.165, 1.54) is 6.07 Å². The molecule has 1 aromatic heterocycles. The summed E-state index contributed by atoms with van der Waals surface area (Å²) in [6, 6.07) is 5.07. The molecule has 0 spiro atoms. The lowest BCUT2D eigenvalue weighted by Gasteiger charge is -2.13. The molecule has 100 valence electrons. The van der Waals surface area contributed by atoms with E-state index in [-0.39, 0.29) is 11.7 Å². The molecule has 1 heterocycles. The summed E-state index contributed by atoms with van der Waals surface area (Å²) in [4.78, 5) is 7.57. The van der Waals surface area contributed by atoms with Crippen LogP contribution in [0, 0.1) is 24.3 Å². The molecule has 0 atom stereocenters. The lowest BCUT2D eigenvalue weighted by Crippen LogP contribution is -2.03. The third kappa shape index (κ3) is 2.73. The first kappa shape index (κ1) is 13.9. The quantitative estimate of drug-likeness (QED) is 0.806. The number of nitrogens with one attached hydrogen (secondary N) is 1. The molecule has 0 fully saturated rings. The van der Waals surface area contributed by atoms with Gasteiger partial charge in [0.25, 0.3) is 0 Å². The maximum Gasteiger partial charge on any atom is 0.133 e. The van der Waals surface area contributed by atoms with Crippen LogP contribution in [0.4, 0.5) is 4.39 Å². The van der Waals surface area contributed by atoms with Crippen LogP contribution >= 0.6 is 12.2 Å². The molecule has 0 radical (unpaired) electrons. The Bertz CT molecular complexity index is 674. The Balaban J connectivity index is 2.74. The van der Waals surface area contributed by atoms with Gasteiger partial charge in [0.15, 0.2) is 0 Å². The molecule has 0 saturated heterocycles. The topological polar surface area (TPSA) is 28.7 Å². The lowest BCUT2D eigenvalue weighted by atomic mass is 10.0. The van der Waals surface area contributed by atoms with E-state index >= 15 is 0 Å². The van der Waals surface area contributed by atoms with Gasteiger partial charge in [0.2, 0.25) is 0 Å². The molecule has 1 N–H and O–H groups in total. The summed E-state index contributed by atoms with van der Waals surface area (Å²) in [7, 11) is 0. The number of hydrogen-bond acceptors (Lipinski definition) is 2. The molecule has 0 unspecified atom stereocenters. The fraction of sp³-hybridized carbons (Fsp3) is 0.333. The van der Waals surface area contributed by atoms with E-state index in [4.69, 9.17) is 12.2 Å². The Morgan fingerprint density at radius 1 is 1.26 bits per heavy atom. The minimum Gasteiger partial charge on any atom is -0.343 e. The molecule has 0 amide bonds. The maximum absolute atomic E-state index is 14.0. The summed E-state index contributed by atoms with van der Waals surface area (Å²) in [5.74, 6) is 0.751. The summed E-state index contributed by atoms with van der Waals surface area (Å²) in [6.45, 7) is 7.86. The standard InChI is InChI=1S/C15H17FN2S/c1-8(2)14-17-13(10(4)15(19)18-14)11-7-9(3)5-6-12(11)16/h5-8H,1-4H3,(H,17,18,19). The highest BCUT2D eigenvalue weighted by atomic mass is 32.1. The predicted molar refractivity (Wildman–Crippen MR) is 78.4 cm³/mol. The van der Waals surface area contributed by atoms with Crippen LogP contribution in [0.2, 0.25) is 0 Å². The van der Waals surface area contributed by atoms with Crippen molar-refractivity contribution in [3.8, 4) is 11.3 Å². The van der Waals surface area contributed by atoms with Gasteiger partial charge in [-0.2, -0.15) is 0 Å². The van der Waals surface area contributed by atoms with Crippen LogP contribution in [0.15, 0.2) is 18.2 Å². The van der Waals surface area contributed by atoms with Crippen molar-refractivity contribution >= 4 is 12.2 Å². The van der Waals surface area contributed by atoms with Gasteiger partial charge in [-0.25, -0.2) is 9.37 Å². The molecule has 1 aromatic carbocycles. The van der Waals surface area contributed by atoms with Crippen LogP contribution in [0.3, 0.4) is 0 Å². The molecule has 2 aromatic rings.